The van der Waals surface area contributed by atoms with E-state index in [2.05, 4.69) is 27.4 Å². The summed E-state index contributed by atoms with van der Waals surface area (Å²) in [7, 11) is 3.01. The van der Waals surface area contributed by atoms with Crippen molar-refractivity contribution >= 4 is 28.3 Å². The van der Waals surface area contributed by atoms with Crippen LogP contribution in [0, 0.1) is 0 Å². The molecule has 0 atom stereocenters. The quantitative estimate of drug-likeness (QED) is 0.394. The SMILES string of the molecule is COc1ccc(-n2nc(C(=O)NCC(=O)N3CCN(c4ccccc4)CC3)c3ccccc3c2=O)cc1OC. The van der Waals surface area contributed by atoms with Crippen LogP contribution in [0.2, 0.25) is 0 Å². The van der Waals surface area contributed by atoms with E-state index in [1.807, 2.05) is 18.2 Å². The molecule has 0 aliphatic carbocycles. The van der Waals surface area contributed by atoms with Crippen LogP contribution in [-0.2, 0) is 4.79 Å². The molecule has 0 radical (unpaired) electrons. The molecule has 1 aliphatic rings. The van der Waals surface area contributed by atoms with Gasteiger partial charge in [0, 0.05) is 43.3 Å². The maximum atomic E-state index is 13.3. The molecule has 10 heteroatoms. The molecule has 1 N–H and O–H groups in total. The Hall–Kier alpha value is -4.86. The van der Waals surface area contributed by atoms with Crippen LogP contribution in [0.3, 0.4) is 0 Å². The molecule has 0 spiro atoms. The molecule has 0 saturated carbocycles. The lowest BCUT2D eigenvalue weighted by Gasteiger charge is -2.36. The van der Waals surface area contributed by atoms with E-state index in [-0.39, 0.29) is 23.7 Å². The van der Waals surface area contributed by atoms with Crippen molar-refractivity contribution in [3.05, 3.63) is 88.8 Å². The standard InChI is InChI=1S/C29H29N5O5/c1-38-24-13-12-21(18-25(24)39-2)34-29(37)23-11-7-6-10-22(23)27(31-34)28(36)30-19-26(35)33-16-14-32(15-17-33)20-8-4-3-5-9-20/h3-13,18H,14-17,19H2,1-2H3,(H,30,36). The van der Waals surface area contributed by atoms with Crippen molar-refractivity contribution in [2.24, 2.45) is 0 Å². The number of carbonyl (C=O) groups excluding carboxylic acids is 2. The first-order chi connectivity index (χ1) is 19.0. The fourth-order valence-electron chi connectivity index (χ4n) is 4.69. The minimum Gasteiger partial charge on any atom is -0.493 e. The number of aromatic nitrogens is 2. The third kappa shape index (κ3) is 5.26. The fourth-order valence-corrected chi connectivity index (χ4v) is 4.69. The number of amides is 2. The van der Waals surface area contributed by atoms with Crippen LogP contribution in [-0.4, -0.2) is 73.4 Å². The molecule has 10 nitrogen and oxygen atoms in total. The Bertz CT molecular complexity index is 1560. The molecule has 1 fully saturated rings. The van der Waals surface area contributed by atoms with E-state index < -0.39 is 5.91 Å². The van der Waals surface area contributed by atoms with Crippen molar-refractivity contribution < 1.29 is 19.1 Å². The molecule has 1 aliphatic heterocycles. The number of rotatable bonds is 7. The maximum absolute atomic E-state index is 13.3. The van der Waals surface area contributed by atoms with Crippen molar-refractivity contribution in [1.29, 1.82) is 0 Å². The lowest BCUT2D eigenvalue weighted by atomic mass is 10.1. The van der Waals surface area contributed by atoms with Gasteiger partial charge in [0.05, 0.1) is 31.8 Å². The predicted octanol–water partition coefficient (Wildman–Crippen LogP) is 2.48. The smallest absolute Gasteiger partial charge is 0.279 e. The summed E-state index contributed by atoms with van der Waals surface area (Å²) in [5.41, 5.74) is 1.19. The summed E-state index contributed by atoms with van der Waals surface area (Å²) >= 11 is 0. The summed E-state index contributed by atoms with van der Waals surface area (Å²) in [5, 5.41) is 7.84. The molecule has 4 aromatic rings. The lowest BCUT2D eigenvalue weighted by Crippen LogP contribution is -2.51. The van der Waals surface area contributed by atoms with Crippen LogP contribution in [0.1, 0.15) is 10.5 Å². The second-order valence-electron chi connectivity index (χ2n) is 9.04. The summed E-state index contributed by atoms with van der Waals surface area (Å²) in [6.07, 6.45) is 0. The van der Waals surface area contributed by atoms with Gasteiger partial charge in [0.1, 0.15) is 0 Å². The van der Waals surface area contributed by atoms with Gasteiger partial charge in [-0.2, -0.15) is 9.78 Å². The predicted molar refractivity (Wildman–Crippen MR) is 148 cm³/mol. The average Bonchev–Trinajstić information content (AvgIpc) is 3.00. The molecule has 1 aromatic heterocycles. The van der Waals surface area contributed by atoms with Crippen LogP contribution in [0.5, 0.6) is 11.5 Å². The van der Waals surface area contributed by atoms with Crippen molar-refractivity contribution in [3.63, 3.8) is 0 Å². The third-order valence-electron chi connectivity index (χ3n) is 6.79. The molecule has 2 amide bonds. The number of hydrogen-bond acceptors (Lipinski definition) is 7. The molecular weight excluding hydrogens is 498 g/mol. The van der Waals surface area contributed by atoms with Crippen molar-refractivity contribution in [3.8, 4) is 17.2 Å². The summed E-state index contributed by atoms with van der Waals surface area (Å²) in [6, 6.07) is 21.8. The summed E-state index contributed by atoms with van der Waals surface area (Å²) in [5.74, 6) is 0.197. The highest BCUT2D eigenvalue weighted by atomic mass is 16.5. The van der Waals surface area contributed by atoms with E-state index in [0.29, 0.717) is 54.1 Å². The van der Waals surface area contributed by atoms with E-state index >= 15 is 0 Å². The van der Waals surface area contributed by atoms with Gasteiger partial charge in [0.15, 0.2) is 17.2 Å². The number of hydrogen-bond donors (Lipinski definition) is 1. The number of nitrogens with one attached hydrogen (secondary N) is 1. The second-order valence-corrected chi connectivity index (χ2v) is 9.04. The number of anilines is 1. The zero-order valence-electron chi connectivity index (χ0n) is 21.8. The van der Waals surface area contributed by atoms with Gasteiger partial charge >= 0.3 is 0 Å². The molecule has 0 bridgehead atoms. The number of methoxy groups -OCH3 is 2. The van der Waals surface area contributed by atoms with Gasteiger partial charge < -0.3 is 24.6 Å². The summed E-state index contributed by atoms with van der Waals surface area (Å²) in [4.78, 5) is 43.5. The lowest BCUT2D eigenvalue weighted by molar-refractivity contribution is -0.130. The normalized spacial score (nSPS) is 13.3. The number of fused-ring (bicyclic) bond motifs is 1. The van der Waals surface area contributed by atoms with Gasteiger partial charge in [-0.1, -0.05) is 36.4 Å². The Labute approximate surface area is 225 Å². The van der Waals surface area contributed by atoms with E-state index in [9.17, 15) is 14.4 Å². The number of nitrogens with zero attached hydrogens (tertiary/aromatic N) is 4. The fraction of sp³-hybridized carbons (Fsp3) is 0.241. The topological polar surface area (TPSA) is 106 Å². The van der Waals surface area contributed by atoms with Gasteiger partial charge in [0.25, 0.3) is 11.5 Å². The first-order valence-corrected chi connectivity index (χ1v) is 12.6. The van der Waals surface area contributed by atoms with Crippen LogP contribution in [0.25, 0.3) is 16.5 Å². The minimum atomic E-state index is -0.545. The molecule has 200 valence electrons. The number of carbonyl (C=O) groups is 2. The van der Waals surface area contributed by atoms with E-state index in [4.69, 9.17) is 9.47 Å². The molecule has 2 heterocycles. The van der Waals surface area contributed by atoms with Crippen LogP contribution >= 0.6 is 0 Å². The van der Waals surface area contributed by atoms with Crippen molar-refractivity contribution in [1.82, 2.24) is 20.0 Å². The average molecular weight is 528 g/mol. The summed E-state index contributed by atoms with van der Waals surface area (Å²) in [6.45, 7) is 2.39. The van der Waals surface area contributed by atoms with Gasteiger partial charge in [-0.05, 0) is 30.3 Å². The zero-order chi connectivity index (χ0) is 27.4. The van der Waals surface area contributed by atoms with Crippen LogP contribution in [0.4, 0.5) is 5.69 Å². The van der Waals surface area contributed by atoms with Crippen LogP contribution < -0.4 is 25.2 Å². The summed E-state index contributed by atoms with van der Waals surface area (Å²) < 4.78 is 11.8. The highest BCUT2D eigenvalue weighted by molar-refractivity contribution is 6.05. The van der Waals surface area contributed by atoms with Crippen molar-refractivity contribution in [2.45, 2.75) is 0 Å². The molecule has 5 rings (SSSR count). The highest BCUT2D eigenvalue weighted by Gasteiger charge is 2.23. The Kier molecular flexibility index (Phi) is 7.44. The molecule has 0 unspecified atom stereocenters. The number of piperazine rings is 1. The van der Waals surface area contributed by atoms with Gasteiger partial charge in [-0.3, -0.25) is 14.4 Å². The Morgan fingerprint density at radius 1 is 0.821 bits per heavy atom. The maximum Gasteiger partial charge on any atom is 0.279 e. The third-order valence-corrected chi connectivity index (χ3v) is 6.79. The highest BCUT2D eigenvalue weighted by Crippen LogP contribution is 2.29. The first kappa shape index (κ1) is 25.8. The molecule has 3 aromatic carbocycles. The number of benzene rings is 3. The first-order valence-electron chi connectivity index (χ1n) is 12.6. The Balaban J connectivity index is 1.34. The van der Waals surface area contributed by atoms with Crippen LogP contribution in [0.15, 0.2) is 77.6 Å². The zero-order valence-corrected chi connectivity index (χ0v) is 21.8. The van der Waals surface area contributed by atoms with E-state index in [1.165, 1.54) is 14.2 Å². The molecule has 1 saturated heterocycles. The largest absolute Gasteiger partial charge is 0.493 e. The Morgan fingerprint density at radius 2 is 1.49 bits per heavy atom. The molecule has 39 heavy (non-hydrogen) atoms. The second kappa shape index (κ2) is 11.3. The minimum absolute atomic E-state index is 0.0432. The van der Waals surface area contributed by atoms with Gasteiger partial charge in [-0.25, -0.2) is 0 Å². The van der Waals surface area contributed by atoms with E-state index in [1.54, 1.807) is 47.4 Å². The molecular formula is C29H29N5O5. The number of para-hydroxylation sites is 1. The van der Waals surface area contributed by atoms with Crippen molar-refractivity contribution in [2.75, 3.05) is 51.8 Å². The van der Waals surface area contributed by atoms with E-state index in [0.717, 1.165) is 10.4 Å². The monoisotopic (exact) mass is 527 g/mol. The van der Waals surface area contributed by atoms with Gasteiger partial charge in [-0.15, -0.1) is 0 Å². The Morgan fingerprint density at radius 3 is 2.18 bits per heavy atom. The number of ether oxygens (including phenoxy) is 2. The van der Waals surface area contributed by atoms with Gasteiger partial charge in [0.2, 0.25) is 5.91 Å².